The summed E-state index contributed by atoms with van der Waals surface area (Å²) < 4.78 is 0. The van der Waals surface area contributed by atoms with Gasteiger partial charge in [0.2, 0.25) is 0 Å². The van der Waals surface area contributed by atoms with Gasteiger partial charge in [0, 0.05) is 26.2 Å². The molecule has 112 valence electrons. The van der Waals surface area contributed by atoms with Crippen molar-refractivity contribution >= 4 is 5.82 Å². The van der Waals surface area contributed by atoms with Gasteiger partial charge in [0.15, 0.2) is 0 Å². The number of hydrogen-bond acceptors (Lipinski definition) is 4. The average molecular weight is 277 g/mol. The Bertz CT molecular complexity index is 395. The first kappa shape index (κ1) is 15.3. The lowest BCUT2D eigenvalue weighted by atomic mass is 9.95. The van der Waals surface area contributed by atoms with Crippen LogP contribution in [0.15, 0.2) is 18.2 Å². The number of rotatable bonds is 7. The van der Waals surface area contributed by atoms with Crippen molar-refractivity contribution in [2.24, 2.45) is 5.92 Å². The van der Waals surface area contributed by atoms with Gasteiger partial charge in [0.1, 0.15) is 5.82 Å². The summed E-state index contributed by atoms with van der Waals surface area (Å²) in [5, 5.41) is 12.4. The van der Waals surface area contributed by atoms with E-state index in [2.05, 4.69) is 34.3 Å². The zero-order valence-electron chi connectivity index (χ0n) is 12.5. The summed E-state index contributed by atoms with van der Waals surface area (Å²) in [6.45, 7) is 6.60. The van der Waals surface area contributed by atoms with Crippen molar-refractivity contribution in [3.05, 3.63) is 23.9 Å². The number of pyridine rings is 1. The molecule has 0 radical (unpaired) electrons. The van der Waals surface area contributed by atoms with E-state index in [4.69, 9.17) is 5.11 Å². The smallest absolute Gasteiger partial charge is 0.126 e. The van der Waals surface area contributed by atoms with E-state index in [0.717, 1.165) is 50.5 Å². The summed E-state index contributed by atoms with van der Waals surface area (Å²) in [4.78, 5) is 7.14. The molecule has 0 saturated carbocycles. The van der Waals surface area contributed by atoms with E-state index in [0.29, 0.717) is 12.5 Å². The SMILES string of the molecule is CCCNc1cccc(CN2CCCC(CCO)C2)n1. The molecule has 2 heterocycles. The Morgan fingerprint density at radius 1 is 1.45 bits per heavy atom. The molecule has 2 rings (SSSR count). The monoisotopic (exact) mass is 277 g/mol. The molecule has 0 amide bonds. The Hall–Kier alpha value is -1.13. The van der Waals surface area contributed by atoms with Crippen LogP contribution >= 0.6 is 0 Å². The number of anilines is 1. The second-order valence-corrected chi connectivity index (χ2v) is 5.70. The van der Waals surface area contributed by atoms with Crippen LogP contribution in [0.3, 0.4) is 0 Å². The normalized spacial score (nSPS) is 20.0. The fourth-order valence-corrected chi connectivity index (χ4v) is 2.86. The van der Waals surface area contributed by atoms with Gasteiger partial charge in [-0.2, -0.15) is 0 Å². The van der Waals surface area contributed by atoms with Crippen LogP contribution < -0.4 is 5.32 Å². The maximum atomic E-state index is 9.07. The average Bonchev–Trinajstić information content (AvgIpc) is 2.46. The fraction of sp³-hybridized carbons (Fsp3) is 0.688. The van der Waals surface area contributed by atoms with Crippen LogP contribution in [0.5, 0.6) is 0 Å². The summed E-state index contributed by atoms with van der Waals surface area (Å²) in [6.07, 6.45) is 4.53. The van der Waals surface area contributed by atoms with Gasteiger partial charge < -0.3 is 10.4 Å². The first-order valence-electron chi connectivity index (χ1n) is 7.85. The number of aromatic nitrogens is 1. The van der Waals surface area contributed by atoms with E-state index in [1.165, 1.54) is 12.8 Å². The second kappa shape index (κ2) is 8.22. The van der Waals surface area contributed by atoms with E-state index in [1.54, 1.807) is 0 Å². The molecule has 1 atom stereocenters. The van der Waals surface area contributed by atoms with Gasteiger partial charge in [-0.15, -0.1) is 0 Å². The predicted molar refractivity (Wildman–Crippen MR) is 82.7 cm³/mol. The van der Waals surface area contributed by atoms with Crippen molar-refractivity contribution in [1.29, 1.82) is 0 Å². The van der Waals surface area contributed by atoms with E-state index < -0.39 is 0 Å². The lowest BCUT2D eigenvalue weighted by Gasteiger charge is -2.32. The first-order chi connectivity index (χ1) is 9.81. The van der Waals surface area contributed by atoms with Gasteiger partial charge in [0.25, 0.3) is 0 Å². The van der Waals surface area contributed by atoms with Crippen molar-refractivity contribution in [3.63, 3.8) is 0 Å². The molecule has 1 aliphatic heterocycles. The standard InChI is InChI=1S/C16H27N3O/c1-2-9-17-16-7-3-6-15(18-16)13-19-10-4-5-14(12-19)8-11-20/h3,6-7,14,20H,2,4-5,8-13H2,1H3,(H,17,18). The molecule has 0 bridgehead atoms. The molecule has 20 heavy (non-hydrogen) atoms. The molecular weight excluding hydrogens is 250 g/mol. The maximum Gasteiger partial charge on any atom is 0.126 e. The Morgan fingerprint density at radius 2 is 2.35 bits per heavy atom. The highest BCUT2D eigenvalue weighted by molar-refractivity contribution is 5.35. The van der Waals surface area contributed by atoms with E-state index in [9.17, 15) is 0 Å². The molecule has 1 aliphatic rings. The van der Waals surface area contributed by atoms with Gasteiger partial charge >= 0.3 is 0 Å². The molecule has 0 spiro atoms. The highest BCUT2D eigenvalue weighted by atomic mass is 16.3. The Balaban J connectivity index is 1.88. The molecule has 1 fully saturated rings. The first-order valence-corrected chi connectivity index (χ1v) is 7.85. The third-order valence-electron chi connectivity index (χ3n) is 3.89. The fourth-order valence-electron chi connectivity index (χ4n) is 2.86. The molecule has 1 aromatic heterocycles. The Kier molecular flexibility index (Phi) is 6.27. The van der Waals surface area contributed by atoms with Gasteiger partial charge in [0.05, 0.1) is 5.69 Å². The zero-order chi connectivity index (χ0) is 14.2. The summed E-state index contributed by atoms with van der Waals surface area (Å²) >= 11 is 0. The summed E-state index contributed by atoms with van der Waals surface area (Å²) in [7, 11) is 0. The minimum atomic E-state index is 0.313. The molecule has 1 aromatic rings. The van der Waals surface area contributed by atoms with Crippen molar-refractivity contribution in [3.8, 4) is 0 Å². The second-order valence-electron chi connectivity index (χ2n) is 5.70. The summed E-state index contributed by atoms with van der Waals surface area (Å²) in [5.74, 6) is 1.63. The van der Waals surface area contributed by atoms with Crippen LogP contribution in [-0.4, -0.2) is 41.2 Å². The topological polar surface area (TPSA) is 48.4 Å². The number of aliphatic hydroxyl groups is 1. The molecular formula is C16H27N3O. The van der Waals surface area contributed by atoms with Crippen LogP contribution in [-0.2, 0) is 6.54 Å². The summed E-state index contributed by atoms with van der Waals surface area (Å²) in [5.41, 5.74) is 1.13. The molecule has 1 unspecified atom stereocenters. The lowest BCUT2D eigenvalue weighted by molar-refractivity contribution is 0.141. The van der Waals surface area contributed by atoms with E-state index >= 15 is 0 Å². The van der Waals surface area contributed by atoms with Crippen LogP contribution in [0.1, 0.15) is 38.3 Å². The number of likely N-dealkylation sites (tertiary alicyclic amines) is 1. The highest BCUT2D eigenvalue weighted by Gasteiger charge is 2.19. The third-order valence-corrected chi connectivity index (χ3v) is 3.89. The van der Waals surface area contributed by atoms with Crippen LogP contribution in [0, 0.1) is 5.92 Å². The minimum absolute atomic E-state index is 0.313. The van der Waals surface area contributed by atoms with Crippen molar-refractivity contribution in [1.82, 2.24) is 9.88 Å². The molecule has 0 aromatic carbocycles. The molecule has 2 N–H and O–H groups in total. The quantitative estimate of drug-likeness (QED) is 0.804. The summed E-state index contributed by atoms with van der Waals surface area (Å²) in [6, 6.07) is 6.21. The molecule has 4 nitrogen and oxygen atoms in total. The number of piperidine rings is 1. The van der Waals surface area contributed by atoms with E-state index in [1.807, 2.05) is 6.07 Å². The number of aliphatic hydroxyl groups excluding tert-OH is 1. The van der Waals surface area contributed by atoms with Gasteiger partial charge in [-0.25, -0.2) is 4.98 Å². The van der Waals surface area contributed by atoms with Crippen molar-refractivity contribution in [2.45, 2.75) is 39.2 Å². The van der Waals surface area contributed by atoms with Crippen LogP contribution in [0.2, 0.25) is 0 Å². The predicted octanol–water partition coefficient (Wildman–Crippen LogP) is 2.50. The molecule has 1 saturated heterocycles. The molecule has 4 heteroatoms. The van der Waals surface area contributed by atoms with Crippen LogP contribution in [0.25, 0.3) is 0 Å². The minimum Gasteiger partial charge on any atom is -0.396 e. The maximum absolute atomic E-state index is 9.07. The largest absolute Gasteiger partial charge is 0.396 e. The van der Waals surface area contributed by atoms with Gasteiger partial charge in [-0.05, 0) is 50.3 Å². The van der Waals surface area contributed by atoms with Crippen molar-refractivity contribution in [2.75, 3.05) is 31.6 Å². The highest BCUT2D eigenvalue weighted by Crippen LogP contribution is 2.20. The van der Waals surface area contributed by atoms with E-state index in [-0.39, 0.29) is 0 Å². The third kappa shape index (κ3) is 4.76. The lowest BCUT2D eigenvalue weighted by Crippen LogP contribution is -2.35. The van der Waals surface area contributed by atoms with Crippen molar-refractivity contribution < 1.29 is 5.11 Å². The number of nitrogens with one attached hydrogen (secondary N) is 1. The zero-order valence-corrected chi connectivity index (χ0v) is 12.5. The Labute approximate surface area is 122 Å². The molecule has 0 aliphatic carbocycles. The number of nitrogens with zero attached hydrogens (tertiary/aromatic N) is 2. The van der Waals surface area contributed by atoms with Gasteiger partial charge in [-0.3, -0.25) is 4.90 Å². The Morgan fingerprint density at radius 3 is 3.15 bits per heavy atom. The number of hydrogen-bond donors (Lipinski definition) is 2. The van der Waals surface area contributed by atoms with Gasteiger partial charge in [-0.1, -0.05) is 13.0 Å². The van der Waals surface area contributed by atoms with Crippen LogP contribution in [0.4, 0.5) is 5.82 Å².